The van der Waals surface area contributed by atoms with Crippen LogP contribution in [0, 0.1) is 52.3 Å². The Morgan fingerprint density at radius 1 is 0.946 bits per heavy atom. The smallest absolute Gasteiger partial charge is 0.338 e. The van der Waals surface area contributed by atoms with Gasteiger partial charge in [0, 0.05) is 4.83 Å². The van der Waals surface area contributed by atoms with Crippen LogP contribution in [0.5, 0.6) is 0 Å². The number of hydrogen-bond acceptors (Lipinski definition) is 2. The van der Waals surface area contributed by atoms with Crippen LogP contribution in [0.25, 0.3) is 0 Å². The molecule has 1 aromatic carbocycles. The summed E-state index contributed by atoms with van der Waals surface area (Å²) in [5.74, 6) is 5.61. The van der Waals surface area contributed by atoms with Gasteiger partial charge < -0.3 is 4.74 Å². The van der Waals surface area contributed by atoms with Gasteiger partial charge in [-0.1, -0.05) is 88.0 Å². The van der Waals surface area contributed by atoms with Gasteiger partial charge in [0.05, 0.1) is 5.56 Å². The van der Waals surface area contributed by atoms with Gasteiger partial charge in [0.15, 0.2) is 0 Å². The number of benzene rings is 1. The van der Waals surface area contributed by atoms with E-state index in [0.29, 0.717) is 27.1 Å². The van der Waals surface area contributed by atoms with Crippen molar-refractivity contribution in [2.45, 2.75) is 116 Å². The summed E-state index contributed by atoms with van der Waals surface area (Å²) in [5, 5.41) is 0. The Hall–Kier alpha value is -0.830. The maximum atomic E-state index is 12.8. The van der Waals surface area contributed by atoms with Crippen molar-refractivity contribution >= 4 is 21.9 Å². The Morgan fingerprint density at radius 2 is 1.65 bits per heavy atom. The quantitative estimate of drug-likeness (QED) is 0.241. The highest BCUT2D eigenvalue weighted by molar-refractivity contribution is 9.09. The summed E-state index contributed by atoms with van der Waals surface area (Å²) in [5.41, 5.74) is 1.60. The van der Waals surface area contributed by atoms with Crippen LogP contribution in [-0.4, -0.2) is 16.9 Å². The first-order chi connectivity index (χ1) is 17.6. The van der Waals surface area contributed by atoms with Gasteiger partial charge in [0.25, 0.3) is 0 Å². The minimum atomic E-state index is -0.147. The van der Waals surface area contributed by atoms with Gasteiger partial charge in [-0.3, -0.25) is 0 Å². The van der Waals surface area contributed by atoms with Gasteiger partial charge in [-0.15, -0.1) is 0 Å². The minimum absolute atomic E-state index is 0.0680. The molecule has 5 rings (SSSR count). The molecule has 0 spiro atoms. The van der Waals surface area contributed by atoms with Crippen LogP contribution < -0.4 is 0 Å². The molecule has 2 nitrogen and oxygen atoms in total. The van der Waals surface area contributed by atoms with E-state index in [1.807, 2.05) is 30.3 Å². The lowest BCUT2D eigenvalue weighted by Crippen LogP contribution is -2.57. The molecule has 3 heteroatoms. The Balaban J connectivity index is 1.26. The fourth-order valence-corrected chi connectivity index (χ4v) is 11.2. The zero-order valence-electron chi connectivity index (χ0n) is 24.1. The van der Waals surface area contributed by atoms with Gasteiger partial charge in [-0.25, -0.2) is 4.79 Å². The fraction of sp³-hybridized carbons (Fsp3) is 0.794. The van der Waals surface area contributed by atoms with Gasteiger partial charge in [-0.05, 0) is 116 Å². The lowest BCUT2D eigenvalue weighted by molar-refractivity contribution is -0.126. The normalized spacial score (nSPS) is 42.0. The van der Waals surface area contributed by atoms with E-state index in [-0.39, 0.29) is 12.1 Å². The number of carbonyl (C=O) groups is 1. The molecule has 0 N–H and O–H groups in total. The molecule has 0 amide bonds. The van der Waals surface area contributed by atoms with E-state index in [2.05, 4.69) is 50.5 Å². The zero-order chi connectivity index (χ0) is 26.4. The molecule has 37 heavy (non-hydrogen) atoms. The Labute approximate surface area is 235 Å². The monoisotopic (exact) mass is 570 g/mol. The average Bonchev–Trinajstić information content (AvgIpc) is 3.22. The van der Waals surface area contributed by atoms with E-state index >= 15 is 0 Å². The molecule has 4 saturated carbocycles. The van der Waals surface area contributed by atoms with Gasteiger partial charge in [0.1, 0.15) is 6.10 Å². The van der Waals surface area contributed by atoms with E-state index in [9.17, 15) is 4.79 Å². The lowest BCUT2D eigenvalue weighted by atomic mass is 9.44. The van der Waals surface area contributed by atoms with E-state index in [1.165, 1.54) is 57.8 Å². The van der Waals surface area contributed by atoms with Crippen molar-refractivity contribution in [1.82, 2.24) is 0 Å². The lowest BCUT2D eigenvalue weighted by Gasteiger charge is -2.62. The molecule has 206 valence electrons. The highest BCUT2D eigenvalue weighted by Gasteiger charge is 2.62. The summed E-state index contributed by atoms with van der Waals surface area (Å²) in [6.07, 6.45) is 14.5. The van der Waals surface area contributed by atoms with Crippen LogP contribution in [0.1, 0.15) is 116 Å². The Kier molecular flexibility index (Phi) is 8.22. The minimum Gasteiger partial charge on any atom is -0.459 e. The molecule has 1 aromatic rings. The highest BCUT2D eigenvalue weighted by atomic mass is 79.9. The summed E-state index contributed by atoms with van der Waals surface area (Å²) in [7, 11) is 0. The number of carbonyl (C=O) groups excluding carboxylic acids is 1. The number of esters is 1. The van der Waals surface area contributed by atoms with Gasteiger partial charge in [0.2, 0.25) is 0 Å². The van der Waals surface area contributed by atoms with Crippen LogP contribution in [0.3, 0.4) is 0 Å². The van der Waals surface area contributed by atoms with E-state index in [1.54, 1.807) is 0 Å². The van der Waals surface area contributed by atoms with Crippen molar-refractivity contribution in [3.8, 4) is 0 Å². The molecule has 0 aliphatic heterocycles. The predicted octanol–water partition coefficient (Wildman–Crippen LogP) is 9.71. The van der Waals surface area contributed by atoms with E-state index in [4.69, 9.17) is 4.74 Å². The third-order valence-corrected chi connectivity index (χ3v) is 13.1. The SMILES string of the molecule is CC(C)CCC[C@@H](C)[C@@H]1CC[C@@H]2[C@H]3[C@H](Br)C[C@H]4C[C@@H](OC(=O)c5ccccc5)CC[C@]4(C)[C@H]3CC[C@@]21C. The average molecular weight is 572 g/mol. The van der Waals surface area contributed by atoms with Crippen LogP contribution in [0.2, 0.25) is 0 Å². The first-order valence-corrected chi connectivity index (χ1v) is 16.4. The second-order valence-electron chi connectivity index (χ2n) is 14.4. The Bertz CT molecular complexity index is 929. The van der Waals surface area contributed by atoms with Crippen molar-refractivity contribution in [2.75, 3.05) is 0 Å². The third kappa shape index (κ3) is 5.21. The molecule has 0 heterocycles. The maximum Gasteiger partial charge on any atom is 0.338 e. The molecular weight excluding hydrogens is 520 g/mol. The van der Waals surface area contributed by atoms with Crippen LogP contribution in [-0.2, 0) is 4.74 Å². The first kappa shape index (κ1) is 27.7. The first-order valence-electron chi connectivity index (χ1n) is 15.5. The van der Waals surface area contributed by atoms with Gasteiger partial charge in [-0.2, -0.15) is 0 Å². The molecule has 0 radical (unpaired) electrons. The van der Waals surface area contributed by atoms with Crippen molar-refractivity contribution in [1.29, 1.82) is 0 Å². The van der Waals surface area contributed by atoms with Crippen molar-refractivity contribution in [3.63, 3.8) is 0 Å². The topological polar surface area (TPSA) is 26.3 Å². The number of halogens is 1. The Morgan fingerprint density at radius 3 is 2.38 bits per heavy atom. The van der Waals surface area contributed by atoms with E-state index < -0.39 is 0 Å². The third-order valence-electron chi connectivity index (χ3n) is 12.1. The molecule has 4 aliphatic carbocycles. The largest absolute Gasteiger partial charge is 0.459 e. The molecule has 10 atom stereocenters. The second kappa shape index (κ2) is 11.0. The second-order valence-corrected chi connectivity index (χ2v) is 15.6. The summed E-state index contributed by atoms with van der Waals surface area (Å²) < 4.78 is 6.06. The standard InChI is InChI=1S/C34H51BrO2/c1-22(2)10-9-11-23(3)27-14-15-28-31-29(17-19-34(27,28)5)33(4)18-16-26(20-25(33)21-30(31)35)37-32(36)24-12-7-6-8-13-24/h6-8,12-13,22-23,25-31H,9-11,14-21H2,1-5H3/t23-,25-,26+,27+,28-,29+,30-,31-,33+,34-/m1/s1. The molecule has 4 aliphatic rings. The van der Waals surface area contributed by atoms with Crippen molar-refractivity contribution < 1.29 is 9.53 Å². The summed E-state index contributed by atoms with van der Waals surface area (Å²) in [6, 6.07) is 9.53. The molecular formula is C34H51BrO2. The summed E-state index contributed by atoms with van der Waals surface area (Å²) >= 11 is 4.29. The molecule has 0 saturated heterocycles. The number of ether oxygens (including phenoxy) is 1. The molecule has 4 fully saturated rings. The molecule has 0 aromatic heterocycles. The van der Waals surface area contributed by atoms with Crippen LogP contribution >= 0.6 is 15.9 Å². The van der Waals surface area contributed by atoms with Crippen LogP contribution in [0.15, 0.2) is 30.3 Å². The number of hydrogen-bond donors (Lipinski definition) is 0. The summed E-state index contributed by atoms with van der Waals surface area (Å²) in [4.78, 5) is 13.4. The van der Waals surface area contributed by atoms with E-state index in [0.717, 1.165) is 48.3 Å². The number of fused-ring (bicyclic) bond motifs is 5. The fourth-order valence-electron chi connectivity index (χ4n) is 10.1. The number of rotatable bonds is 7. The predicted molar refractivity (Wildman–Crippen MR) is 157 cm³/mol. The number of alkyl halides is 1. The summed E-state index contributed by atoms with van der Waals surface area (Å²) in [6.45, 7) is 12.6. The maximum absolute atomic E-state index is 12.8. The highest BCUT2D eigenvalue weighted by Crippen LogP contribution is 2.69. The molecule has 0 bridgehead atoms. The molecule has 0 unspecified atom stereocenters. The van der Waals surface area contributed by atoms with Crippen molar-refractivity contribution in [3.05, 3.63) is 35.9 Å². The van der Waals surface area contributed by atoms with Crippen molar-refractivity contribution in [2.24, 2.45) is 52.3 Å². The van der Waals surface area contributed by atoms with Crippen LogP contribution in [0.4, 0.5) is 0 Å². The van der Waals surface area contributed by atoms with Gasteiger partial charge >= 0.3 is 5.97 Å². The zero-order valence-corrected chi connectivity index (χ0v) is 25.6.